The van der Waals surface area contributed by atoms with Gasteiger partial charge in [0, 0.05) is 17.8 Å². The van der Waals surface area contributed by atoms with E-state index in [1.807, 2.05) is 0 Å². The van der Waals surface area contributed by atoms with Crippen LogP contribution in [0.2, 0.25) is 0 Å². The van der Waals surface area contributed by atoms with Gasteiger partial charge in [0.25, 0.3) is 0 Å². The zero-order chi connectivity index (χ0) is 9.12. The molecule has 0 saturated carbocycles. The molecule has 68 valence electrons. The quantitative estimate of drug-likeness (QED) is 0.538. The van der Waals surface area contributed by atoms with Gasteiger partial charge in [-0.1, -0.05) is 48.6 Å². The minimum atomic E-state index is 0.672. The molecule has 4 atom stereocenters. The van der Waals surface area contributed by atoms with Gasteiger partial charge in [0.2, 0.25) is 0 Å². The van der Waals surface area contributed by atoms with Crippen molar-refractivity contribution in [2.75, 3.05) is 0 Å². The molecule has 0 fully saturated rings. The maximum absolute atomic E-state index is 2.43. The summed E-state index contributed by atoms with van der Waals surface area (Å²) in [5.41, 5.74) is 3.17. The Bertz CT molecular complexity index is 453. The molecule has 0 aliphatic heterocycles. The Morgan fingerprint density at radius 3 is 2.50 bits per heavy atom. The van der Waals surface area contributed by atoms with E-state index in [9.17, 15) is 0 Å². The van der Waals surface area contributed by atoms with Crippen LogP contribution in [0.5, 0.6) is 0 Å². The normalized spacial score (nSPS) is 40.3. The Morgan fingerprint density at radius 1 is 0.786 bits per heavy atom. The summed E-state index contributed by atoms with van der Waals surface area (Å²) in [6.45, 7) is 0. The molecular weight excluding hydrogens is 168 g/mol. The van der Waals surface area contributed by atoms with Crippen molar-refractivity contribution < 1.29 is 0 Å². The summed E-state index contributed by atoms with van der Waals surface area (Å²) >= 11 is 0. The van der Waals surface area contributed by atoms with E-state index in [0.717, 1.165) is 11.8 Å². The summed E-state index contributed by atoms with van der Waals surface area (Å²) in [5, 5.41) is 0. The van der Waals surface area contributed by atoms with Gasteiger partial charge in [-0.05, 0) is 17.0 Å². The summed E-state index contributed by atoms with van der Waals surface area (Å²) in [6, 6.07) is 8.97. The fourth-order valence-corrected chi connectivity index (χ4v) is 3.50. The van der Waals surface area contributed by atoms with Crippen LogP contribution in [0.15, 0.2) is 48.6 Å². The van der Waals surface area contributed by atoms with Gasteiger partial charge in [-0.15, -0.1) is 0 Å². The van der Waals surface area contributed by atoms with E-state index in [0.29, 0.717) is 11.8 Å². The molecule has 0 nitrogen and oxygen atoms in total. The second-order valence-electron chi connectivity index (χ2n) is 4.60. The lowest BCUT2D eigenvalue weighted by molar-refractivity contribution is 0.476. The van der Waals surface area contributed by atoms with Crippen LogP contribution in [0.25, 0.3) is 0 Å². The van der Waals surface area contributed by atoms with Crippen molar-refractivity contribution in [2.45, 2.75) is 11.8 Å². The van der Waals surface area contributed by atoms with E-state index >= 15 is 0 Å². The van der Waals surface area contributed by atoms with Gasteiger partial charge in [0.15, 0.2) is 0 Å². The Balaban J connectivity index is 2.03. The zero-order valence-electron chi connectivity index (χ0n) is 7.93. The molecule has 0 N–H and O–H groups in total. The summed E-state index contributed by atoms with van der Waals surface area (Å²) in [6.07, 6.45) is 9.63. The molecule has 0 amide bonds. The molecule has 4 rings (SSSR count). The minimum absolute atomic E-state index is 0.672. The molecule has 14 heavy (non-hydrogen) atoms. The number of allylic oxidation sites excluding steroid dienone is 4. The molecule has 1 aromatic carbocycles. The topological polar surface area (TPSA) is 0 Å². The van der Waals surface area contributed by atoms with E-state index in [1.54, 1.807) is 11.1 Å². The number of fused-ring (bicyclic) bond motifs is 2. The first-order chi connectivity index (χ1) is 6.95. The molecule has 0 aromatic heterocycles. The summed E-state index contributed by atoms with van der Waals surface area (Å²) in [5.74, 6) is 2.88. The number of hydrogen-bond acceptors (Lipinski definition) is 0. The zero-order valence-corrected chi connectivity index (χ0v) is 7.93. The SMILES string of the molecule is C1=C[C@H]2[C@@H]3c4ccccc4[C@@H]2C=C[C@@H]13. The Labute approximate surface area is 84.0 Å². The molecule has 4 bridgehead atoms. The van der Waals surface area contributed by atoms with Crippen LogP contribution in [0.4, 0.5) is 0 Å². The molecular formula is C14H12. The van der Waals surface area contributed by atoms with Gasteiger partial charge in [0.05, 0.1) is 0 Å². The Hall–Kier alpha value is -1.30. The molecule has 0 unspecified atom stereocenters. The molecule has 0 heterocycles. The highest BCUT2D eigenvalue weighted by Crippen LogP contribution is 2.57. The van der Waals surface area contributed by atoms with Gasteiger partial charge in [-0.25, -0.2) is 0 Å². The van der Waals surface area contributed by atoms with Gasteiger partial charge in [-0.2, -0.15) is 0 Å². The van der Waals surface area contributed by atoms with Gasteiger partial charge in [-0.3, -0.25) is 0 Å². The second-order valence-corrected chi connectivity index (χ2v) is 4.60. The third-order valence-electron chi connectivity index (χ3n) is 4.05. The first kappa shape index (κ1) is 7.05. The van der Waals surface area contributed by atoms with E-state index < -0.39 is 0 Å². The summed E-state index contributed by atoms with van der Waals surface area (Å²) in [7, 11) is 0. The molecule has 3 aliphatic carbocycles. The van der Waals surface area contributed by atoms with Crippen molar-refractivity contribution >= 4 is 0 Å². The predicted molar refractivity (Wildman–Crippen MR) is 57.2 cm³/mol. The van der Waals surface area contributed by atoms with E-state index in [-0.39, 0.29) is 0 Å². The fourth-order valence-electron chi connectivity index (χ4n) is 3.50. The smallest absolute Gasteiger partial charge is 0.00900 e. The number of rotatable bonds is 0. The highest BCUT2D eigenvalue weighted by molar-refractivity contribution is 5.50. The van der Waals surface area contributed by atoms with Gasteiger partial charge >= 0.3 is 0 Å². The van der Waals surface area contributed by atoms with Crippen LogP contribution >= 0.6 is 0 Å². The highest BCUT2D eigenvalue weighted by atomic mass is 14.5. The average molecular weight is 180 g/mol. The summed E-state index contributed by atoms with van der Waals surface area (Å²) in [4.78, 5) is 0. The fraction of sp³-hybridized carbons (Fsp3) is 0.286. The van der Waals surface area contributed by atoms with Crippen LogP contribution in [0.3, 0.4) is 0 Å². The van der Waals surface area contributed by atoms with E-state index in [4.69, 9.17) is 0 Å². The number of hydrogen-bond donors (Lipinski definition) is 0. The maximum Gasteiger partial charge on any atom is 0.00900 e. The van der Waals surface area contributed by atoms with Gasteiger partial charge in [0.1, 0.15) is 0 Å². The van der Waals surface area contributed by atoms with Crippen LogP contribution in [-0.2, 0) is 0 Å². The second kappa shape index (κ2) is 2.20. The summed E-state index contributed by atoms with van der Waals surface area (Å²) < 4.78 is 0. The standard InChI is InChI=1S/C14H12/c1-2-4-12-10(3-1)11-7-5-9-6-8-13(11)14(9)12/h1-9,11,13-14H/t9-,11-,13+,14-/m0/s1. The minimum Gasteiger partial charge on any atom is -0.0832 e. The van der Waals surface area contributed by atoms with Crippen molar-refractivity contribution in [3.63, 3.8) is 0 Å². The Morgan fingerprint density at radius 2 is 1.57 bits per heavy atom. The first-order valence-corrected chi connectivity index (χ1v) is 5.40. The Kier molecular flexibility index (Phi) is 1.11. The maximum atomic E-state index is 2.43. The van der Waals surface area contributed by atoms with Crippen molar-refractivity contribution in [1.82, 2.24) is 0 Å². The molecule has 0 saturated heterocycles. The lowest BCUT2D eigenvalue weighted by atomic mass is 9.80. The average Bonchev–Trinajstić information content (AvgIpc) is 2.63. The third kappa shape index (κ3) is 0.639. The van der Waals surface area contributed by atoms with Crippen molar-refractivity contribution in [1.29, 1.82) is 0 Å². The number of benzene rings is 1. The van der Waals surface area contributed by atoms with Crippen molar-refractivity contribution in [2.24, 2.45) is 11.8 Å². The van der Waals surface area contributed by atoms with E-state index in [1.165, 1.54) is 0 Å². The largest absolute Gasteiger partial charge is 0.0832 e. The van der Waals surface area contributed by atoms with Crippen molar-refractivity contribution in [3.05, 3.63) is 59.7 Å². The lowest BCUT2D eigenvalue weighted by Crippen LogP contribution is -2.13. The molecule has 0 spiro atoms. The van der Waals surface area contributed by atoms with Crippen LogP contribution in [0, 0.1) is 11.8 Å². The highest BCUT2D eigenvalue weighted by Gasteiger charge is 2.45. The lowest BCUT2D eigenvalue weighted by Gasteiger charge is -2.22. The predicted octanol–water partition coefficient (Wildman–Crippen LogP) is 3.24. The monoisotopic (exact) mass is 180 g/mol. The van der Waals surface area contributed by atoms with Crippen LogP contribution in [0.1, 0.15) is 23.0 Å². The van der Waals surface area contributed by atoms with Crippen molar-refractivity contribution in [3.8, 4) is 0 Å². The van der Waals surface area contributed by atoms with Crippen LogP contribution in [-0.4, -0.2) is 0 Å². The molecule has 1 aromatic rings. The third-order valence-corrected chi connectivity index (χ3v) is 4.05. The molecule has 3 aliphatic rings. The molecule has 0 heteroatoms. The van der Waals surface area contributed by atoms with E-state index in [2.05, 4.69) is 48.6 Å². The van der Waals surface area contributed by atoms with Gasteiger partial charge < -0.3 is 0 Å². The van der Waals surface area contributed by atoms with Crippen LogP contribution < -0.4 is 0 Å². The molecule has 0 radical (unpaired) electrons. The first-order valence-electron chi connectivity index (χ1n) is 5.40.